The van der Waals surface area contributed by atoms with Gasteiger partial charge < -0.3 is 5.32 Å². The van der Waals surface area contributed by atoms with Crippen molar-refractivity contribution in [2.45, 2.75) is 44.7 Å². The summed E-state index contributed by atoms with van der Waals surface area (Å²) in [6.45, 7) is 7.68. The third kappa shape index (κ3) is 5.01. The number of aryl methyl sites for hydroxylation is 1. The highest BCUT2D eigenvalue weighted by molar-refractivity contribution is 7.89. The van der Waals surface area contributed by atoms with E-state index in [1.807, 2.05) is 39.8 Å². The molecule has 0 unspecified atom stereocenters. The van der Waals surface area contributed by atoms with E-state index in [-0.39, 0.29) is 4.90 Å². The Kier molecular flexibility index (Phi) is 5.01. The van der Waals surface area contributed by atoms with E-state index in [0.29, 0.717) is 17.9 Å². The van der Waals surface area contributed by atoms with E-state index in [0.717, 1.165) is 5.69 Å². The van der Waals surface area contributed by atoms with Gasteiger partial charge >= 0.3 is 0 Å². The lowest BCUT2D eigenvalue weighted by atomic mass is 10.1. The zero-order valence-electron chi connectivity index (χ0n) is 13.8. The summed E-state index contributed by atoms with van der Waals surface area (Å²) in [6, 6.07) is 8.74. The highest BCUT2D eigenvalue weighted by atomic mass is 32.2. The van der Waals surface area contributed by atoms with Gasteiger partial charge in [0.2, 0.25) is 10.0 Å². The summed E-state index contributed by atoms with van der Waals surface area (Å²) in [6.07, 6.45) is 1.47. The summed E-state index contributed by atoms with van der Waals surface area (Å²) >= 11 is 0. The quantitative estimate of drug-likeness (QED) is 0.877. The van der Waals surface area contributed by atoms with Gasteiger partial charge in [-0.05, 0) is 39.3 Å². The topological polar surface area (TPSA) is 84.0 Å². The summed E-state index contributed by atoms with van der Waals surface area (Å²) in [5.41, 5.74) is 0.988. The van der Waals surface area contributed by atoms with E-state index in [9.17, 15) is 8.42 Å². The molecule has 2 aromatic rings. The molecule has 0 atom stereocenters. The molecule has 0 spiro atoms. The van der Waals surface area contributed by atoms with Gasteiger partial charge in [-0.2, -0.15) is 0 Å². The number of nitrogens with zero attached hydrogens (tertiary/aromatic N) is 2. The zero-order valence-corrected chi connectivity index (χ0v) is 14.6. The van der Waals surface area contributed by atoms with Gasteiger partial charge in [0.1, 0.15) is 12.1 Å². The Morgan fingerprint density at radius 3 is 2.48 bits per heavy atom. The first kappa shape index (κ1) is 17.4. The number of nitrogens with one attached hydrogen (secondary N) is 2. The highest BCUT2D eigenvalue weighted by Gasteiger charge is 2.24. The van der Waals surface area contributed by atoms with E-state index in [4.69, 9.17) is 0 Å². The first-order valence-electron chi connectivity index (χ1n) is 7.32. The molecular formula is C16H22N4O2S. The number of aromatic nitrogens is 2. The molecule has 0 aliphatic rings. The molecule has 1 heterocycles. The molecule has 0 radical (unpaired) electrons. The molecular weight excluding hydrogens is 312 g/mol. The van der Waals surface area contributed by atoms with Crippen LogP contribution in [0.15, 0.2) is 41.6 Å². The number of hydrogen-bond donors (Lipinski definition) is 2. The molecule has 7 heteroatoms. The van der Waals surface area contributed by atoms with Crippen LogP contribution in [0.1, 0.15) is 32.0 Å². The molecule has 0 fully saturated rings. The van der Waals surface area contributed by atoms with Crippen molar-refractivity contribution in [3.63, 3.8) is 0 Å². The van der Waals surface area contributed by atoms with Crippen LogP contribution < -0.4 is 10.0 Å². The summed E-state index contributed by atoms with van der Waals surface area (Å²) in [5, 5.41) is 3.13. The standard InChI is InChI=1S/C16H22N4O2S/c1-12-9-15(19-11-18-12)17-10-13-7-5-6-8-14(13)23(21,22)20-16(2,3)4/h5-9,11,20H,10H2,1-4H3,(H,17,18,19). The first-order chi connectivity index (χ1) is 10.7. The molecule has 1 aromatic heterocycles. The molecule has 0 amide bonds. The van der Waals surface area contributed by atoms with E-state index in [1.165, 1.54) is 6.33 Å². The molecule has 1 aromatic carbocycles. The molecule has 0 saturated carbocycles. The monoisotopic (exact) mass is 334 g/mol. The smallest absolute Gasteiger partial charge is 0.241 e. The molecule has 0 saturated heterocycles. The third-order valence-corrected chi connectivity index (χ3v) is 4.82. The Labute approximate surface area is 137 Å². The molecule has 0 bridgehead atoms. The minimum Gasteiger partial charge on any atom is -0.366 e. The summed E-state index contributed by atoms with van der Waals surface area (Å²) in [5.74, 6) is 0.661. The SMILES string of the molecule is Cc1cc(NCc2ccccc2S(=O)(=O)NC(C)(C)C)ncn1. The molecule has 0 aliphatic carbocycles. The second kappa shape index (κ2) is 6.64. The first-order valence-corrected chi connectivity index (χ1v) is 8.80. The maximum atomic E-state index is 12.6. The Bertz CT molecular complexity index is 783. The maximum absolute atomic E-state index is 12.6. The van der Waals surface area contributed by atoms with E-state index in [2.05, 4.69) is 20.0 Å². The number of benzene rings is 1. The average Bonchev–Trinajstić information content (AvgIpc) is 2.43. The molecule has 124 valence electrons. The van der Waals surface area contributed by atoms with Crippen molar-refractivity contribution in [3.8, 4) is 0 Å². The molecule has 6 nitrogen and oxygen atoms in total. The van der Waals surface area contributed by atoms with Crippen molar-refractivity contribution in [2.75, 3.05) is 5.32 Å². The summed E-state index contributed by atoms with van der Waals surface area (Å²) < 4.78 is 27.8. The fraction of sp³-hybridized carbons (Fsp3) is 0.375. The van der Waals surface area contributed by atoms with Gasteiger partial charge in [0, 0.05) is 23.8 Å². The van der Waals surface area contributed by atoms with E-state index >= 15 is 0 Å². The van der Waals surface area contributed by atoms with Gasteiger partial charge in [-0.3, -0.25) is 0 Å². The Morgan fingerprint density at radius 1 is 1.13 bits per heavy atom. The second-order valence-corrected chi connectivity index (χ2v) is 8.01. The van der Waals surface area contributed by atoms with Crippen molar-refractivity contribution in [2.24, 2.45) is 0 Å². The van der Waals surface area contributed by atoms with Crippen molar-refractivity contribution < 1.29 is 8.42 Å². The van der Waals surface area contributed by atoms with Crippen LogP contribution in [0.3, 0.4) is 0 Å². The van der Waals surface area contributed by atoms with Crippen LogP contribution in [-0.4, -0.2) is 23.9 Å². The van der Waals surface area contributed by atoms with Gasteiger partial charge in [0.05, 0.1) is 4.90 Å². The van der Waals surface area contributed by atoms with Crippen molar-refractivity contribution in [1.82, 2.24) is 14.7 Å². The highest BCUT2D eigenvalue weighted by Crippen LogP contribution is 2.19. The van der Waals surface area contributed by atoms with Gasteiger partial charge in [-0.1, -0.05) is 18.2 Å². The lowest BCUT2D eigenvalue weighted by molar-refractivity contribution is 0.491. The molecule has 2 rings (SSSR count). The minimum absolute atomic E-state index is 0.271. The molecule has 0 aliphatic heterocycles. The molecule has 23 heavy (non-hydrogen) atoms. The fourth-order valence-corrected chi connectivity index (χ4v) is 3.77. The van der Waals surface area contributed by atoms with Crippen LogP contribution in [0.2, 0.25) is 0 Å². The number of sulfonamides is 1. The van der Waals surface area contributed by atoms with Crippen molar-refractivity contribution in [3.05, 3.63) is 47.9 Å². The fourth-order valence-electron chi connectivity index (χ4n) is 2.11. The second-order valence-electron chi connectivity index (χ2n) is 6.36. The predicted molar refractivity (Wildman–Crippen MR) is 90.6 cm³/mol. The van der Waals surface area contributed by atoms with Crippen LogP contribution in [0.25, 0.3) is 0 Å². The largest absolute Gasteiger partial charge is 0.366 e. The van der Waals surface area contributed by atoms with Gasteiger partial charge in [-0.15, -0.1) is 0 Å². The lowest BCUT2D eigenvalue weighted by Crippen LogP contribution is -2.40. The lowest BCUT2D eigenvalue weighted by Gasteiger charge is -2.21. The molecule has 2 N–H and O–H groups in total. The third-order valence-electron chi connectivity index (χ3n) is 2.97. The summed E-state index contributed by atoms with van der Waals surface area (Å²) in [7, 11) is -3.58. The van der Waals surface area contributed by atoms with E-state index in [1.54, 1.807) is 18.2 Å². The average molecular weight is 334 g/mol. The summed E-state index contributed by atoms with van der Waals surface area (Å²) in [4.78, 5) is 8.43. The number of rotatable bonds is 5. The normalized spacial score (nSPS) is 12.2. The zero-order chi connectivity index (χ0) is 17.1. The van der Waals surface area contributed by atoms with Crippen molar-refractivity contribution >= 4 is 15.8 Å². The maximum Gasteiger partial charge on any atom is 0.241 e. The Balaban J connectivity index is 2.24. The number of anilines is 1. The van der Waals surface area contributed by atoms with Crippen LogP contribution in [0, 0.1) is 6.92 Å². The van der Waals surface area contributed by atoms with Gasteiger partial charge in [-0.25, -0.2) is 23.1 Å². The van der Waals surface area contributed by atoms with Crippen LogP contribution in [0.5, 0.6) is 0 Å². The Hall–Kier alpha value is -1.99. The Morgan fingerprint density at radius 2 is 1.83 bits per heavy atom. The predicted octanol–water partition coefficient (Wildman–Crippen LogP) is 2.47. The number of hydrogen-bond acceptors (Lipinski definition) is 5. The van der Waals surface area contributed by atoms with E-state index < -0.39 is 15.6 Å². The van der Waals surface area contributed by atoms with Gasteiger partial charge in [0.15, 0.2) is 0 Å². The van der Waals surface area contributed by atoms with Crippen molar-refractivity contribution in [1.29, 1.82) is 0 Å². The van der Waals surface area contributed by atoms with Crippen LogP contribution >= 0.6 is 0 Å². The van der Waals surface area contributed by atoms with Crippen LogP contribution in [0.4, 0.5) is 5.82 Å². The minimum atomic E-state index is -3.58. The van der Waals surface area contributed by atoms with Gasteiger partial charge in [0.25, 0.3) is 0 Å². The van der Waals surface area contributed by atoms with Crippen LogP contribution in [-0.2, 0) is 16.6 Å².